The molecular formula is C18H24N4O. The Hall–Kier alpha value is -1.82. The topological polar surface area (TPSA) is 50.3 Å². The molecule has 122 valence electrons. The Bertz CT molecular complexity index is 578. The summed E-state index contributed by atoms with van der Waals surface area (Å²) in [6.07, 6.45) is 5.39. The van der Waals surface area contributed by atoms with Crippen LogP contribution < -0.4 is 5.32 Å². The van der Waals surface area contributed by atoms with Gasteiger partial charge in [-0.3, -0.25) is 4.90 Å². The molecule has 0 amide bonds. The van der Waals surface area contributed by atoms with Crippen molar-refractivity contribution in [1.82, 2.24) is 20.2 Å². The molecule has 2 atom stereocenters. The third kappa shape index (κ3) is 4.13. The zero-order valence-corrected chi connectivity index (χ0v) is 13.6. The molecule has 0 bridgehead atoms. The van der Waals surface area contributed by atoms with E-state index in [4.69, 9.17) is 4.74 Å². The van der Waals surface area contributed by atoms with Gasteiger partial charge in [0.25, 0.3) is 0 Å². The first-order chi connectivity index (χ1) is 11.4. The van der Waals surface area contributed by atoms with Crippen LogP contribution in [0.5, 0.6) is 0 Å². The molecule has 1 N–H and O–H groups in total. The van der Waals surface area contributed by atoms with Gasteiger partial charge in [-0.05, 0) is 12.1 Å². The zero-order chi connectivity index (χ0) is 15.9. The molecule has 1 fully saturated rings. The highest BCUT2D eigenvalue weighted by Crippen LogP contribution is 2.29. The van der Waals surface area contributed by atoms with Gasteiger partial charge in [0, 0.05) is 37.6 Å². The van der Waals surface area contributed by atoms with Gasteiger partial charge in [0.1, 0.15) is 6.33 Å². The third-order valence-electron chi connectivity index (χ3n) is 4.29. The second kappa shape index (κ2) is 8.15. The number of nitrogens with zero attached hydrogens (tertiary/aromatic N) is 3. The highest BCUT2D eigenvalue weighted by Gasteiger charge is 2.32. The first kappa shape index (κ1) is 16.1. The Balaban J connectivity index is 1.65. The average Bonchev–Trinajstić information content (AvgIpc) is 2.63. The van der Waals surface area contributed by atoms with E-state index in [-0.39, 0.29) is 6.10 Å². The number of nitrogens with one attached hydrogen (secondary N) is 1. The normalized spacial score (nSPS) is 22.1. The fourth-order valence-electron chi connectivity index (χ4n) is 3.17. The molecule has 0 saturated carbocycles. The minimum atomic E-state index is 0.149. The Kier molecular flexibility index (Phi) is 5.69. The summed E-state index contributed by atoms with van der Waals surface area (Å²) in [5.41, 5.74) is 2.41. The van der Waals surface area contributed by atoms with Crippen LogP contribution in [0.4, 0.5) is 0 Å². The molecule has 2 heterocycles. The van der Waals surface area contributed by atoms with Crippen LogP contribution >= 0.6 is 0 Å². The molecule has 23 heavy (non-hydrogen) atoms. The number of hydrogen-bond acceptors (Lipinski definition) is 5. The fraction of sp³-hybridized carbons (Fsp3) is 0.444. The average molecular weight is 312 g/mol. The number of likely N-dealkylation sites (N-methyl/N-ethyl adjacent to an activating group) is 1. The molecule has 5 heteroatoms. The molecule has 3 rings (SSSR count). The van der Waals surface area contributed by atoms with Gasteiger partial charge in [-0.25, -0.2) is 9.97 Å². The molecule has 0 aliphatic carbocycles. The maximum Gasteiger partial charge on any atom is 0.115 e. The van der Waals surface area contributed by atoms with E-state index in [2.05, 4.69) is 57.4 Å². The lowest BCUT2D eigenvalue weighted by atomic mass is 9.98. The van der Waals surface area contributed by atoms with Gasteiger partial charge in [-0.15, -0.1) is 0 Å². The minimum absolute atomic E-state index is 0.149. The fourth-order valence-corrected chi connectivity index (χ4v) is 3.17. The SMILES string of the molecule is CCN1CCO[C@@H](CNCc2cncnc2)[C@@H]1c1ccccc1. The van der Waals surface area contributed by atoms with Crippen LogP contribution in [0.2, 0.25) is 0 Å². The van der Waals surface area contributed by atoms with Crippen molar-refractivity contribution in [2.45, 2.75) is 25.6 Å². The van der Waals surface area contributed by atoms with Crippen LogP contribution in [0.25, 0.3) is 0 Å². The van der Waals surface area contributed by atoms with Crippen molar-refractivity contribution >= 4 is 0 Å². The van der Waals surface area contributed by atoms with Gasteiger partial charge >= 0.3 is 0 Å². The van der Waals surface area contributed by atoms with E-state index in [1.165, 1.54) is 5.56 Å². The summed E-state index contributed by atoms with van der Waals surface area (Å²) in [5, 5.41) is 3.48. The maximum absolute atomic E-state index is 6.08. The summed E-state index contributed by atoms with van der Waals surface area (Å²) in [6, 6.07) is 11.0. The predicted molar refractivity (Wildman–Crippen MR) is 89.9 cm³/mol. The van der Waals surface area contributed by atoms with Crippen molar-refractivity contribution in [3.05, 3.63) is 60.2 Å². The van der Waals surface area contributed by atoms with E-state index in [0.29, 0.717) is 6.04 Å². The van der Waals surface area contributed by atoms with Crippen molar-refractivity contribution in [2.75, 3.05) is 26.2 Å². The molecule has 1 aromatic heterocycles. The molecule has 1 aromatic carbocycles. The molecule has 1 aliphatic heterocycles. The Morgan fingerprint density at radius 2 is 2.00 bits per heavy atom. The monoisotopic (exact) mass is 312 g/mol. The van der Waals surface area contributed by atoms with Crippen molar-refractivity contribution in [1.29, 1.82) is 0 Å². The highest BCUT2D eigenvalue weighted by molar-refractivity contribution is 5.21. The lowest BCUT2D eigenvalue weighted by molar-refractivity contribution is -0.0694. The van der Waals surface area contributed by atoms with E-state index in [1.807, 2.05) is 12.4 Å². The molecular weight excluding hydrogens is 288 g/mol. The zero-order valence-electron chi connectivity index (χ0n) is 13.6. The summed E-state index contributed by atoms with van der Waals surface area (Å²) < 4.78 is 6.08. The number of benzene rings is 1. The summed E-state index contributed by atoms with van der Waals surface area (Å²) in [6.45, 7) is 6.59. The summed E-state index contributed by atoms with van der Waals surface area (Å²) in [4.78, 5) is 10.6. The first-order valence-corrected chi connectivity index (χ1v) is 8.23. The summed E-state index contributed by atoms with van der Waals surface area (Å²) in [7, 11) is 0. The van der Waals surface area contributed by atoms with Gasteiger partial charge in [0.15, 0.2) is 0 Å². The number of hydrogen-bond donors (Lipinski definition) is 1. The van der Waals surface area contributed by atoms with Crippen LogP contribution in [0.1, 0.15) is 24.1 Å². The third-order valence-corrected chi connectivity index (χ3v) is 4.29. The lowest BCUT2D eigenvalue weighted by Gasteiger charge is -2.41. The van der Waals surface area contributed by atoms with Gasteiger partial charge < -0.3 is 10.1 Å². The second-order valence-corrected chi connectivity index (χ2v) is 5.77. The summed E-state index contributed by atoms with van der Waals surface area (Å²) in [5.74, 6) is 0. The number of rotatable bonds is 6. The van der Waals surface area contributed by atoms with Gasteiger partial charge in [0.05, 0.1) is 18.8 Å². The Labute approximate surface area is 137 Å². The van der Waals surface area contributed by atoms with Crippen LogP contribution in [0.3, 0.4) is 0 Å². The standard InChI is InChI=1S/C18H24N4O/c1-2-22-8-9-23-17(18(22)16-6-4-3-5-7-16)13-19-10-15-11-20-14-21-12-15/h3-7,11-12,14,17-19H,2,8-10,13H2,1H3/t17-,18-/m0/s1. The van der Waals surface area contributed by atoms with Crippen molar-refractivity contribution in [3.8, 4) is 0 Å². The summed E-state index contributed by atoms with van der Waals surface area (Å²) >= 11 is 0. The van der Waals surface area contributed by atoms with Crippen molar-refractivity contribution in [3.63, 3.8) is 0 Å². The van der Waals surface area contributed by atoms with E-state index in [9.17, 15) is 0 Å². The smallest absolute Gasteiger partial charge is 0.115 e. The second-order valence-electron chi connectivity index (χ2n) is 5.77. The van der Waals surface area contributed by atoms with Crippen LogP contribution in [-0.2, 0) is 11.3 Å². The maximum atomic E-state index is 6.08. The molecule has 0 unspecified atom stereocenters. The van der Waals surface area contributed by atoms with E-state index >= 15 is 0 Å². The molecule has 1 saturated heterocycles. The Morgan fingerprint density at radius 1 is 1.22 bits per heavy atom. The van der Waals surface area contributed by atoms with Crippen LogP contribution in [0.15, 0.2) is 49.1 Å². The largest absolute Gasteiger partial charge is 0.374 e. The van der Waals surface area contributed by atoms with E-state index < -0.39 is 0 Å². The Morgan fingerprint density at radius 3 is 2.74 bits per heavy atom. The van der Waals surface area contributed by atoms with Crippen LogP contribution in [0, 0.1) is 0 Å². The quantitative estimate of drug-likeness (QED) is 0.884. The van der Waals surface area contributed by atoms with E-state index in [1.54, 1.807) is 6.33 Å². The molecule has 2 aromatic rings. The number of aromatic nitrogens is 2. The predicted octanol–water partition coefficient (Wildman–Crippen LogP) is 2.03. The van der Waals surface area contributed by atoms with Gasteiger partial charge in [-0.2, -0.15) is 0 Å². The molecule has 1 aliphatic rings. The first-order valence-electron chi connectivity index (χ1n) is 8.23. The lowest BCUT2D eigenvalue weighted by Crippen LogP contribution is -2.48. The van der Waals surface area contributed by atoms with Gasteiger partial charge in [-0.1, -0.05) is 37.3 Å². The molecule has 0 radical (unpaired) electrons. The van der Waals surface area contributed by atoms with Crippen molar-refractivity contribution < 1.29 is 4.74 Å². The highest BCUT2D eigenvalue weighted by atomic mass is 16.5. The van der Waals surface area contributed by atoms with Crippen LogP contribution in [-0.4, -0.2) is 47.2 Å². The minimum Gasteiger partial charge on any atom is -0.374 e. The number of morpholine rings is 1. The number of ether oxygens (including phenoxy) is 1. The van der Waals surface area contributed by atoms with E-state index in [0.717, 1.165) is 38.3 Å². The van der Waals surface area contributed by atoms with Crippen molar-refractivity contribution in [2.24, 2.45) is 0 Å². The van der Waals surface area contributed by atoms with Gasteiger partial charge in [0.2, 0.25) is 0 Å². The molecule has 5 nitrogen and oxygen atoms in total. The molecule has 0 spiro atoms.